The molecule has 2 aromatic carbocycles. The molecule has 4 rings (SSSR count). The molecule has 0 bridgehead atoms. The Morgan fingerprint density at radius 1 is 0.897 bits per heavy atom. The summed E-state index contributed by atoms with van der Waals surface area (Å²) in [6, 6.07) is 23.2. The molecule has 6 heteroatoms. The lowest BCUT2D eigenvalue weighted by molar-refractivity contribution is 0.0467. The minimum atomic E-state index is -0.509. The summed E-state index contributed by atoms with van der Waals surface area (Å²) in [5, 5.41) is 0. The zero-order valence-corrected chi connectivity index (χ0v) is 15.5. The van der Waals surface area contributed by atoms with Crippen molar-refractivity contribution in [2.75, 3.05) is 0 Å². The van der Waals surface area contributed by atoms with E-state index in [9.17, 15) is 9.59 Å². The van der Waals surface area contributed by atoms with Crippen LogP contribution in [0.4, 0.5) is 0 Å². The van der Waals surface area contributed by atoms with Crippen LogP contribution in [-0.4, -0.2) is 15.4 Å². The van der Waals surface area contributed by atoms with Crippen molar-refractivity contribution in [2.24, 2.45) is 0 Å². The Bertz CT molecular complexity index is 1200. The average molecular weight is 386 g/mol. The first-order valence-corrected chi connectivity index (χ1v) is 9.10. The van der Waals surface area contributed by atoms with E-state index in [0.29, 0.717) is 29.3 Å². The summed E-state index contributed by atoms with van der Waals surface area (Å²) in [4.78, 5) is 28.9. The fraction of sp³-hybridized carbons (Fsp3) is 0.0870. The van der Waals surface area contributed by atoms with E-state index in [1.807, 2.05) is 30.3 Å². The molecule has 2 heterocycles. The van der Waals surface area contributed by atoms with E-state index in [1.165, 1.54) is 10.5 Å². The molecule has 0 aliphatic rings. The van der Waals surface area contributed by atoms with E-state index in [2.05, 4.69) is 4.98 Å². The molecule has 144 valence electrons. The maximum atomic E-state index is 12.4. The Morgan fingerprint density at radius 2 is 1.72 bits per heavy atom. The molecule has 0 spiro atoms. The fourth-order valence-corrected chi connectivity index (χ4v) is 2.85. The first-order valence-electron chi connectivity index (χ1n) is 9.10. The third-order valence-corrected chi connectivity index (χ3v) is 4.29. The minimum Gasteiger partial charge on any atom is -0.489 e. The lowest BCUT2D eigenvalue weighted by Gasteiger charge is -2.09. The van der Waals surface area contributed by atoms with Gasteiger partial charge in [-0.3, -0.25) is 9.20 Å². The second-order valence-electron chi connectivity index (χ2n) is 6.39. The van der Waals surface area contributed by atoms with Crippen LogP contribution in [-0.2, 0) is 18.0 Å². The van der Waals surface area contributed by atoms with Gasteiger partial charge < -0.3 is 9.47 Å². The van der Waals surface area contributed by atoms with E-state index >= 15 is 0 Å². The first kappa shape index (κ1) is 18.4. The third kappa shape index (κ3) is 4.50. The zero-order valence-electron chi connectivity index (χ0n) is 15.5. The standard InChI is InChI=1S/C23H18N2O4/c26-22-14-19(24-21-11-4-5-12-25(21)22)16-29-23(27)18-9-6-10-20(13-18)28-15-17-7-2-1-3-8-17/h1-14H,15-16H2. The summed E-state index contributed by atoms with van der Waals surface area (Å²) in [6.45, 7) is 0.318. The van der Waals surface area contributed by atoms with Gasteiger partial charge in [0.2, 0.25) is 0 Å². The van der Waals surface area contributed by atoms with E-state index < -0.39 is 5.97 Å². The van der Waals surface area contributed by atoms with Crippen LogP contribution in [0.5, 0.6) is 5.75 Å². The molecular formula is C23H18N2O4. The van der Waals surface area contributed by atoms with Crippen LogP contribution in [0.1, 0.15) is 21.6 Å². The molecule has 0 atom stereocenters. The van der Waals surface area contributed by atoms with Crippen molar-refractivity contribution in [1.82, 2.24) is 9.38 Å². The fourth-order valence-electron chi connectivity index (χ4n) is 2.85. The topological polar surface area (TPSA) is 69.9 Å². The minimum absolute atomic E-state index is 0.0887. The quantitative estimate of drug-likeness (QED) is 0.473. The van der Waals surface area contributed by atoms with E-state index in [4.69, 9.17) is 9.47 Å². The van der Waals surface area contributed by atoms with Gasteiger partial charge in [0.1, 0.15) is 24.6 Å². The van der Waals surface area contributed by atoms with Crippen molar-refractivity contribution in [3.05, 3.63) is 112 Å². The maximum Gasteiger partial charge on any atom is 0.338 e. The van der Waals surface area contributed by atoms with Gasteiger partial charge in [-0.25, -0.2) is 9.78 Å². The van der Waals surface area contributed by atoms with Gasteiger partial charge in [-0.2, -0.15) is 0 Å². The van der Waals surface area contributed by atoms with Gasteiger partial charge in [-0.1, -0.05) is 42.5 Å². The number of esters is 1. The number of carbonyl (C=O) groups excluding carboxylic acids is 1. The van der Waals surface area contributed by atoms with Crippen molar-refractivity contribution >= 4 is 11.6 Å². The number of carbonyl (C=O) groups is 1. The highest BCUT2D eigenvalue weighted by atomic mass is 16.5. The van der Waals surface area contributed by atoms with Crippen LogP contribution in [0.2, 0.25) is 0 Å². The Morgan fingerprint density at radius 3 is 2.59 bits per heavy atom. The Hall–Kier alpha value is -3.93. The molecule has 29 heavy (non-hydrogen) atoms. The van der Waals surface area contributed by atoms with Gasteiger partial charge in [0.05, 0.1) is 11.3 Å². The van der Waals surface area contributed by atoms with Crippen molar-refractivity contribution < 1.29 is 14.3 Å². The van der Waals surface area contributed by atoms with Crippen molar-refractivity contribution in [2.45, 2.75) is 13.2 Å². The number of fused-ring (bicyclic) bond motifs is 1. The monoisotopic (exact) mass is 386 g/mol. The smallest absolute Gasteiger partial charge is 0.338 e. The highest BCUT2D eigenvalue weighted by molar-refractivity contribution is 5.89. The van der Waals surface area contributed by atoms with Crippen LogP contribution in [0.25, 0.3) is 5.65 Å². The van der Waals surface area contributed by atoms with Crippen LogP contribution < -0.4 is 10.3 Å². The largest absolute Gasteiger partial charge is 0.489 e. The zero-order chi connectivity index (χ0) is 20.1. The Kier molecular flexibility index (Phi) is 5.33. The third-order valence-electron chi connectivity index (χ3n) is 4.29. The summed E-state index contributed by atoms with van der Waals surface area (Å²) in [6.07, 6.45) is 1.64. The SMILES string of the molecule is O=C(OCc1cc(=O)n2ccccc2n1)c1cccc(OCc2ccccc2)c1. The normalized spacial score (nSPS) is 10.6. The second-order valence-corrected chi connectivity index (χ2v) is 6.39. The number of hydrogen-bond donors (Lipinski definition) is 0. The number of rotatable bonds is 6. The molecule has 0 saturated carbocycles. The number of hydrogen-bond acceptors (Lipinski definition) is 5. The molecule has 0 fully saturated rings. The lowest BCUT2D eigenvalue weighted by atomic mass is 10.2. The van der Waals surface area contributed by atoms with Gasteiger partial charge in [0, 0.05) is 12.3 Å². The van der Waals surface area contributed by atoms with Gasteiger partial charge in [-0.15, -0.1) is 0 Å². The number of benzene rings is 2. The number of ether oxygens (including phenoxy) is 2. The van der Waals surface area contributed by atoms with Crippen molar-refractivity contribution in [1.29, 1.82) is 0 Å². The highest BCUT2D eigenvalue weighted by Gasteiger charge is 2.10. The maximum absolute atomic E-state index is 12.4. The molecule has 4 aromatic rings. The van der Waals surface area contributed by atoms with Crippen LogP contribution >= 0.6 is 0 Å². The van der Waals surface area contributed by atoms with Gasteiger partial charge in [0.25, 0.3) is 5.56 Å². The molecule has 2 aromatic heterocycles. The molecule has 6 nitrogen and oxygen atoms in total. The van der Waals surface area contributed by atoms with Crippen LogP contribution in [0, 0.1) is 0 Å². The van der Waals surface area contributed by atoms with Gasteiger partial charge in [0.15, 0.2) is 0 Å². The Balaban J connectivity index is 1.41. The molecular weight excluding hydrogens is 368 g/mol. The van der Waals surface area contributed by atoms with Crippen LogP contribution in [0.15, 0.2) is 89.9 Å². The van der Waals surface area contributed by atoms with Crippen LogP contribution in [0.3, 0.4) is 0 Å². The summed E-state index contributed by atoms with van der Waals surface area (Å²) in [5.41, 5.74) is 2.08. The molecule has 0 unspecified atom stereocenters. The van der Waals surface area contributed by atoms with Crippen molar-refractivity contribution in [3.8, 4) is 5.75 Å². The average Bonchev–Trinajstić information content (AvgIpc) is 2.77. The summed E-state index contributed by atoms with van der Waals surface area (Å²) in [5.74, 6) is 0.0654. The second kappa shape index (κ2) is 8.39. The lowest BCUT2D eigenvalue weighted by Crippen LogP contribution is -2.16. The molecule has 0 aliphatic carbocycles. The number of pyridine rings is 1. The summed E-state index contributed by atoms with van der Waals surface area (Å²) < 4.78 is 12.5. The highest BCUT2D eigenvalue weighted by Crippen LogP contribution is 2.16. The number of nitrogens with zero attached hydrogens (tertiary/aromatic N) is 2. The molecule has 0 radical (unpaired) electrons. The predicted molar refractivity (Wildman–Crippen MR) is 108 cm³/mol. The van der Waals surface area contributed by atoms with Gasteiger partial charge >= 0.3 is 5.97 Å². The van der Waals surface area contributed by atoms with E-state index in [-0.39, 0.29) is 12.2 Å². The summed E-state index contributed by atoms with van der Waals surface area (Å²) in [7, 11) is 0. The molecule has 0 N–H and O–H groups in total. The number of aromatic nitrogens is 2. The predicted octanol–water partition coefficient (Wildman–Crippen LogP) is 3.63. The van der Waals surface area contributed by atoms with E-state index in [0.717, 1.165) is 5.56 Å². The first-order chi connectivity index (χ1) is 14.2. The van der Waals surface area contributed by atoms with Crippen molar-refractivity contribution in [3.63, 3.8) is 0 Å². The van der Waals surface area contributed by atoms with Gasteiger partial charge in [-0.05, 0) is 35.9 Å². The molecule has 0 saturated heterocycles. The Labute approximate surface area is 167 Å². The molecule has 0 aliphatic heterocycles. The summed E-state index contributed by atoms with van der Waals surface area (Å²) >= 11 is 0. The molecule has 0 amide bonds. The van der Waals surface area contributed by atoms with E-state index in [1.54, 1.807) is 48.7 Å².